The SMILES string of the molecule is CCC(C)(C)c1ccc(N2CCCC2)cc1. The van der Waals surface area contributed by atoms with Crippen molar-refractivity contribution in [3.63, 3.8) is 0 Å². The molecule has 1 fully saturated rings. The maximum absolute atomic E-state index is 2.49. The number of hydrogen-bond acceptors (Lipinski definition) is 1. The summed E-state index contributed by atoms with van der Waals surface area (Å²) in [5.74, 6) is 0. The quantitative estimate of drug-likeness (QED) is 0.740. The molecule has 2 rings (SSSR count). The van der Waals surface area contributed by atoms with Gasteiger partial charge in [0.05, 0.1) is 0 Å². The van der Waals surface area contributed by atoms with Crippen LogP contribution in [0.1, 0.15) is 45.6 Å². The highest BCUT2D eigenvalue weighted by Gasteiger charge is 2.18. The maximum atomic E-state index is 2.49. The molecule has 1 aromatic carbocycles. The van der Waals surface area contributed by atoms with Crippen molar-refractivity contribution < 1.29 is 0 Å². The van der Waals surface area contributed by atoms with Crippen LogP contribution < -0.4 is 4.90 Å². The molecule has 0 aromatic heterocycles. The Bertz CT molecular complexity index is 331. The molecule has 0 saturated carbocycles. The molecular weight excluding hydrogens is 194 g/mol. The lowest BCUT2D eigenvalue weighted by atomic mass is 9.82. The number of anilines is 1. The molecule has 16 heavy (non-hydrogen) atoms. The monoisotopic (exact) mass is 217 g/mol. The van der Waals surface area contributed by atoms with Crippen LogP contribution in [-0.2, 0) is 5.41 Å². The van der Waals surface area contributed by atoms with E-state index in [9.17, 15) is 0 Å². The van der Waals surface area contributed by atoms with E-state index in [-0.39, 0.29) is 0 Å². The molecule has 1 saturated heterocycles. The Hall–Kier alpha value is -0.980. The van der Waals surface area contributed by atoms with Gasteiger partial charge in [0.2, 0.25) is 0 Å². The zero-order valence-electron chi connectivity index (χ0n) is 10.8. The van der Waals surface area contributed by atoms with Crippen molar-refractivity contribution in [2.24, 2.45) is 0 Å². The summed E-state index contributed by atoms with van der Waals surface area (Å²) in [5, 5.41) is 0. The fourth-order valence-electron chi connectivity index (χ4n) is 2.30. The van der Waals surface area contributed by atoms with Crippen molar-refractivity contribution >= 4 is 5.69 Å². The normalized spacial score (nSPS) is 16.8. The highest BCUT2D eigenvalue weighted by Crippen LogP contribution is 2.29. The van der Waals surface area contributed by atoms with Crippen LogP contribution in [0.2, 0.25) is 0 Å². The second-order valence-electron chi connectivity index (χ2n) is 5.48. The average Bonchev–Trinajstić information content (AvgIpc) is 2.83. The molecule has 1 heterocycles. The van der Waals surface area contributed by atoms with Gasteiger partial charge in [0, 0.05) is 18.8 Å². The van der Waals surface area contributed by atoms with Gasteiger partial charge in [-0.05, 0) is 42.4 Å². The Morgan fingerprint density at radius 2 is 1.62 bits per heavy atom. The van der Waals surface area contributed by atoms with Gasteiger partial charge in [-0.15, -0.1) is 0 Å². The van der Waals surface area contributed by atoms with E-state index in [0.29, 0.717) is 5.41 Å². The third kappa shape index (κ3) is 2.23. The number of rotatable bonds is 3. The lowest BCUT2D eigenvalue weighted by Gasteiger charge is -2.25. The molecule has 0 radical (unpaired) electrons. The second-order valence-corrected chi connectivity index (χ2v) is 5.48. The molecule has 0 atom stereocenters. The molecule has 0 unspecified atom stereocenters. The van der Waals surface area contributed by atoms with E-state index in [4.69, 9.17) is 0 Å². The molecule has 0 spiro atoms. The van der Waals surface area contributed by atoms with Gasteiger partial charge in [-0.1, -0.05) is 32.9 Å². The topological polar surface area (TPSA) is 3.24 Å². The number of hydrogen-bond donors (Lipinski definition) is 0. The van der Waals surface area contributed by atoms with Gasteiger partial charge in [0.15, 0.2) is 0 Å². The molecule has 1 aliphatic rings. The Morgan fingerprint density at radius 3 is 2.12 bits per heavy atom. The van der Waals surface area contributed by atoms with Crippen molar-refractivity contribution in [3.8, 4) is 0 Å². The first-order valence-corrected chi connectivity index (χ1v) is 6.49. The van der Waals surface area contributed by atoms with Crippen molar-refractivity contribution in [1.82, 2.24) is 0 Å². The van der Waals surface area contributed by atoms with Gasteiger partial charge in [-0.3, -0.25) is 0 Å². The largest absolute Gasteiger partial charge is 0.372 e. The first-order chi connectivity index (χ1) is 7.63. The first-order valence-electron chi connectivity index (χ1n) is 6.49. The molecule has 1 aliphatic heterocycles. The molecular formula is C15H23N. The summed E-state index contributed by atoms with van der Waals surface area (Å²) in [6, 6.07) is 9.18. The van der Waals surface area contributed by atoms with E-state index in [1.54, 1.807) is 0 Å². The van der Waals surface area contributed by atoms with Crippen LogP contribution in [0.25, 0.3) is 0 Å². The van der Waals surface area contributed by atoms with Gasteiger partial charge >= 0.3 is 0 Å². The van der Waals surface area contributed by atoms with Crippen LogP contribution in [-0.4, -0.2) is 13.1 Å². The highest BCUT2D eigenvalue weighted by atomic mass is 15.1. The zero-order chi connectivity index (χ0) is 11.6. The van der Waals surface area contributed by atoms with E-state index in [2.05, 4.69) is 49.9 Å². The average molecular weight is 217 g/mol. The minimum atomic E-state index is 0.309. The van der Waals surface area contributed by atoms with E-state index >= 15 is 0 Å². The Labute approximate surface area is 99.5 Å². The minimum absolute atomic E-state index is 0.309. The molecule has 0 aliphatic carbocycles. The van der Waals surface area contributed by atoms with Crippen molar-refractivity contribution in [2.45, 2.75) is 45.4 Å². The Balaban J connectivity index is 2.15. The van der Waals surface area contributed by atoms with Crippen molar-refractivity contribution in [3.05, 3.63) is 29.8 Å². The first kappa shape index (κ1) is 11.5. The standard InChI is InChI=1S/C15H23N/c1-4-15(2,3)13-7-9-14(10-8-13)16-11-5-6-12-16/h7-10H,4-6,11-12H2,1-3H3. The van der Waals surface area contributed by atoms with Crippen LogP contribution in [0.4, 0.5) is 5.69 Å². The van der Waals surface area contributed by atoms with Crippen molar-refractivity contribution in [1.29, 1.82) is 0 Å². The van der Waals surface area contributed by atoms with E-state index in [1.807, 2.05) is 0 Å². The zero-order valence-corrected chi connectivity index (χ0v) is 10.8. The fraction of sp³-hybridized carbons (Fsp3) is 0.600. The smallest absolute Gasteiger partial charge is 0.0366 e. The lowest BCUT2D eigenvalue weighted by molar-refractivity contribution is 0.506. The van der Waals surface area contributed by atoms with Crippen LogP contribution in [0, 0.1) is 0 Å². The van der Waals surface area contributed by atoms with Crippen molar-refractivity contribution in [2.75, 3.05) is 18.0 Å². The summed E-state index contributed by atoms with van der Waals surface area (Å²) >= 11 is 0. The second kappa shape index (κ2) is 4.48. The molecule has 1 heteroatoms. The highest BCUT2D eigenvalue weighted by molar-refractivity contribution is 5.49. The van der Waals surface area contributed by atoms with Crippen LogP contribution in [0.5, 0.6) is 0 Å². The maximum Gasteiger partial charge on any atom is 0.0366 e. The summed E-state index contributed by atoms with van der Waals surface area (Å²) in [4.78, 5) is 2.49. The summed E-state index contributed by atoms with van der Waals surface area (Å²) in [6.45, 7) is 9.36. The summed E-state index contributed by atoms with van der Waals surface area (Å²) in [6.07, 6.45) is 3.89. The molecule has 88 valence electrons. The fourth-order valence-corrected chi connectivity index (χ4v) is 2.30. The molecule has 1 aromatic rings. The van der Waals surface area contributed by atoms with Crippen LogP contribution in [0.15, 0.2) is 24.3 Å². The molecule has 0 N–H and O–H groups in total. The molecule has 0 amide bonds. The van der Waals surface area contributed by atoms with E-state index in [0.717, 1.165) is 0 Å². The summed E-state index contributed by atoms with van der Waals surface area (Å²) in [7, 11) is 0. The third-order valence-corrected chi connectivity index (χ3v) is 4.00. The van der Waals surface area contributed by atoms with Crippen LogP contribution >= 0.6 is 0 Å². The third-order valence-electron chi connectivity index (χ3n) is 4.00. The van der Waals surface area contributed by atoms with Gasteiger partial charge in [-0.2, -0.15) is 0 Å². The lowest BCUT2D eigenvalue weighted by Crippen LogP contribution is -2.19. The van der Waals surface area contributed by atoms with Gasteiger partial charge in [0.1, 0.15) is 0 Å². The molecule has 1 nitrogen and oxygen atoms in total. The predicted molar refractivity (Wildman–Crippen MR) is 71.2 cm³/mol. The van der Waals surface area contributed by atoms with Gasteiger partial charge < -0.3 is 4.90 Å². The number of benzene rings is 1. The Morgan fingerprint density at radius 1 is 1.06 bits per heavy atom. The molecule has 0 bridgehead atoms. The number of nitrogens with zero attached hydrogens (tertiary/aromatic N) is 1. The van der Waals surface area contributed by atoms with Gasteiger partial charge in [0.25, 0.3) is 0 Å². The summed E-state index contributed by atoms with van der Waals surface area (Å²) < 4.78 is 0. The Kier molecular flexibility index (Phi) is 3.22. The van der Waals surface area contributed by atoms with E-state index < -0.39 is 0 Å². The van der Waals surface area contributed by atoms with E-state index in [1.165, 1.54) is 43.6 Å². The minimum Gasteiger partial charge on any atom is -0.372 e. The van der Waals surface area contributed by atoms with Gasteiger partial charge in [-0.25, -0.2) is 0 Å². The van der Waals surface area contributed by atoms with Crippen LogP contribution in [0.3, 0.4) is 0 Å². The predicted octanol–water partition coefficient (Wildman–Crippen LogP) is 3.97. The summed E-state index contributed by atoms with van der Waals surface area (Å²) in [5.41, 5.74) is 3.16.